The number of benzene rings is 1. The van der Waals surface area contributed by atoms with Crippen molar-refractivity contribution in [3.8, 4) is 0 Å². The predicted octanol–water partition coefficient (Wildman–Crippen LogP) is 0.848. The molecule has 1 atom stereocenters. The fraction of sp³-hybridized carbons (Fsp3) is 0.462. The lowest BCUT2D eigenvalue weighted by atomic mass is 10.2. The number of halogens is 1. The summed E-state index contributed by atoms with van der Waals surface area (Å²) < 4.78 is 24.4. The maximum Gasteiger partial charge on any atom is 0.241 e. The van der Waals surface area contributed by atoms with Crippen molar-refractivity contribution in [1.29, 1.82) is 0 Å². The van der Waals surface area contributed by atoms with Crippen molar-refractivity contribution in [1.82, 2.24) is 10.0 Å². The molecular weight excluding hydrogens is 314 g/mol. The first-order valence-electron chi connectivity index (χ1n) is 6.52. The fourth-order valence-corrected chi connectivity index (χ4v) is 2.49. The van der Waals surface area contributed by atoms with E-state index in [-0.39, 0.29) is 30.9 Å². The van der Waals surface area contributed by atoms with Crippen molar-refractivity contribution < 1.29 is 13.2 Å². The third-order valence-electron chi connectivity index (χ3n) is 3.14. The van der Waals surface area contributed by atoms with Crippen LogP contribution in [-0.2, 0) is 21.4 Å². The quantitative estimate of drug-likeness (QED) is 0.745. The Balaban J connectivity index is 0.00000220. The number of nitrogens with one attached hydrogen (secondary N) is 3. The molecular formula is C13H20ClN3O3S. The summed E-state index contributed by atoms with van der Waals surface area (Å²) in [5, 5.41) is 5.98. The van der Waals surface area contributed by atoms with E-state index in [1.807, 2.05) is 0 Å². The topological polar surface area (TPSA) is 87.3 Å². The molecule has 118 valence electrons. The van der Waals surface area contributed by atoms with Gasteiger partial charge in [-0.15, -0.1) is 12.4 Å². The smallest absolute Gasteiger partial charge is 0.241 e. The van der Waals surface area contributed by atoms with E-state index in [9.17, 15) is 13.2 Å². The van der Waals surface area contributed by atoms with Crippen LogP contribution in [0.1, 0.15) is 18.4 Å². The highest BCUT2D eigenvalue weighted by Gasteiger charge is 2.21. The minimum atomic E-state index is -3.19. The molecule has 1 saturated heterocycles. The molecule has 6 nitrogen and oxygen atoms in total. The zero-order valence-corrected chi connectivity index (χ0v) is 13.4. The minimum absolute atomic E-state index is 0. The van der Waals surface area contributed by atoms with Crippen molar-refractivity contribution in [3.63, 3.8) is 0 Å². The minimum Gasteiger partial charge on any atom is -0.325 e. The van der Waals surface area contributed by atoms with Gasteiger partial charge in [-0.05, 0) is 37.1 Å². The molecule has 0 aliphatic carbocycles. The van der Waals surface area contributed by atoms with Gasteiger partial charge in [-0.3, -0.25) is 4.79 Å². The van der Waals surface area contributed by atoms with Crippen molar-refractivity contribution in [2.24, 2.45) is 0 Å². The molecule has 1 amide bonds. The van der Waals surface area contributed by atoms with Crippen LogP contribution in [0.3, 0.4) is 0 Å². The fourth-order valence-electron chi connectivity index (χ4n) is 2.06. The van der Waals surface area contributed by atoms with Crippen molar-refractivity contribution >= 4 is 34.0 Å². The summed E-state index contributed by atoms with van der Waals surface area (Å²) in [4.78, 5) is 11.9. The molecule has 8 heteroatoms. The third kappa shape index (κ3) is 6.01. The first kappa shape index (κ1) is 17.9. The average molecular weight is 334 g/mol. The number of sulfonamides is 1. The summed E-state index contributed by atoms with van der Waals surface area (Å²) in [6, 6.07) is 7.01. The Morgan fingerprint density at radius 2 is 2.00 bits per heavy atom. The molecule has 1 aliphatic heterocycles. The second-order valence-electron chi connectivity index (χ2n) is 4.93. The molecule has 21 heavy (non-hydrogen) atoms. The Bertz CT molecular complexity index is 569. The summed E-state index contributed by atoms with van der Waals surface area (Å²) in [5.41, 5.74) is 1.55. The molecule has 1 aliphatic rings. The Morgan fingerprint density at radius 3 is 2.52 bits per heavy atom. The van der Waals surface area contributed by atoms with Crippen LogP contribution in [0.4, 0.5) is 5.69 Å². The Hall–Kier alpha value is -1.15. The molecule has 1 aromatic carbocycles. The van der Waals surface area contributed by atoms with Crippen molar-refractivity contribution in [2.75, 3.05) is 18.1 Å². The Labute approximate surface area is 131 Å². The van der Waals surface area contributed by atoms with Crippen molar-refractivity contribution in [2.45, 2.75) is 25.4 Å². The standard InChI is InChI=1S/C13H19N3O3S.ClH/c1-20(18,19)15-9-10-4-6-11(7-5-10)16-13(17)12-3-2-8-14-12;/h4-7,12,14-15H,2-3,8-9H2,1H3,(H,16,17);1H. The summed E-state index contributed by atoms with van der Waals surface area (Å²) in [6.45, 7) is 1.13. The first-order chi connectivity index (χ1) is 9.44. The van der Waals surface area contributed by atoms with Crippen LogP contribution in [0.15, 0.2) is 24.3 Å². The van der Waals surface area contributed by atoms with Gasteiger partial charge in [0.25, 0.3) is 0 Å². The zero-order chi connectivity index (χ0) is 14.6. The highest BCUT2D eigenvalue weighted by molar-refractivity contribution is 7.88. The Morgan fingerprint density at radius 1 is 1.33 bits per heavy atom. The van der Waals surface area contributed by atoms with E-state index in [1.54, 1.807) is 24.3 Å². The van der Waals surface area contributed by atoms with Crippen LogP contribution in [-0.4, -0.2) is 33.2 Å². The highest BCUT2D eigenvalue weighted by atomic mass is 35.5. The van der Waals surface area contributed by atoms with E-state index >= 15 is 0 Å². The average Bonchev–Trinajstić information content (AvgIpc) is 2.91. The van der Waals surface area contributed by atoms with E-state index < -0.39 is 10.0 Å². The van der Waals surface area contributed by atoms with Crippen molar-refractivity contribution in [3.05, 3.63) is 29.8 Å². The van der Waals surface area contributed by atoms with Crippen LogP contribution in [0, 0.1) is 0 Å². The molecule has 1 heterocycles. The van der Waals surface area contributed by atoms with Crippen LogP contribution in [0.2, 0.25) is 0 Å². The van der Waals surface area contributed by atoms with Gasteiger partial charge in [-0.25, -0.2) is 13.1 Å². The zero-order valence-electron chi connectivity index (χ0n) is 11.8. The summed E-state index contributed by atoms with van der Waals surface area (Å²) >= 11 is 0. The van der Waals surface area contributed by atoms with Crippen LogP contribution < -0.4 is 15.4 Å². The SMILES string of the molecule is CS(=O)(=O)NCc1ccc(NC(=O)C2CCCN2)cc1.Cl. The number of hydrogen-bond donors (Lipinski definition) is 3. The molecule has 1 aromatic rings. The summed E-state index contributed by atoms with van der Waals surface area (Å²) in [5.74, 6) is -0.0236. The molecule has 2 rings (SSSR count). The van der Waals surface area contributed by atoms with Gasteiger partial charge in [0.2, 0.25) is 15.9 Å². The molecule has 0 spiro atoms. The van der Waals surface area contributed by atoms with Crippen LogP contribution in [0.5, 0.6) is 0 Å². The molecule has 1 fully saturated rings. The second kappa shape index (κ2) is 7.74. The number of anilines is 1. The Kier molecular flexibility index (Phi) is 6.60. The van der Waals surface area contributed by atoms with Gasteiger partial charge in [0.1, 0.15) is 0 Å². The molecule has 3 N–H and O–H groups in total. The van der Waals surface area contributed by atoms with Gasteiger partial charge in [-0.2, -0.15) is 0 Å². The summed E-state index contributed by atoms with van der Waals surface area (Å²) in [7, 11) is -3.19. The third-order valence-corrected chi connectivity index (χ3v) is 3.81. The van der Waals surface area contributed by atoms with Gasteiger partial charge >= 0.3 is 0 Å². The van der Waals surface area contributed by atoms with E-state index in [0.717, 1.165) is 31.2 Å². The maximum atomic E-state index is 11.9. The van der Waals surface area contributed by atoms with Gasteiger partial charge in [0.05, 0.1) is 12.3 Å². The van der Waals surface area contributed by atoms with Crippen LogP contribution >= 0.6 is 12.4 Å². The number of carbonyl (C=O) groups excluding carboxylic acids is 1. The largest absolute Gasteiger partial charge is 0.325 e. The molecule has 0 bridgehead atoms. The van der Waals surface area contributed by atoms with E-state index in [0.29, 0.717) is 5.69 Å². The molecule has 0 radical (unpaired) electrons. The number of carbonyl (C=O) groups is 1. The van der Waals surface area contributed by atoms with Gasteiger partial charge in [0, 0.05) is 12.2 Å². The lowest BCUT2D eigenvalue weighted by Crippen LogP contribution is -2.35. The number of amides is 1. The number of rotatable bonds is 5. The van der Waals surface area contributed by atoms with E-state index in [1.165, 1.54) is 0 Å². The monoisotopic (exact) mass is 333 g/mol. The number of hydrogen-bond acceptors (Lipinski definition) is 4. The molecule has 0 saturated carbocycles. The van der Waals surface area contributed by atoms with Gasteiger partial charge in [0.15, 0.2) is 0 Å². The molecule has 1 unspecified atom stereocenters. The molecule has 0 aromatic heterocycles. The lowest BCUT2D eigenvalue weighted by molar-refractivity contribution is -0.117. The normalized spacial score (nSPS) is 18.0. The predicted molar refractivity (Wildman–Crippen MR) is 85.0 cm³/mol. The second-order valence-corrected chi connectivity index (χ2v) is 6.76. The lowest BCUT2D eigenvalue weighted by Gasteiger charge is -2.11. The highest BCUT2D eigenvalue weighted by Crippen LogP contribution is 2.12. The van der Waals surface area contributed by atoms with E-state index in [4.69, 9.17) is 0 Å². The van der Waals surface area contributed by atoms with Crippen LogP contribution in [0.25, 0.3) is 0 Å². The first-order valence-corrected chi connectivity index (χ1v) is 8.41. The van der Waals surface area contributed by atoms with Gasteiger partial charge < -0.3 is 10.6 Å². The maximum absolute atomic E-state index is 11.9. The van der Waals surface area contributed by atoms with E-state index in [2.05, 4.69) is 15.4 Å². The van der Waals surface area contributed by atoms with Gasteiger partial charge in [-0.1, -0.05) is 12.1 Å². The summed E-state index contributed by atoms with van der Waals surface area (Å²) in [6.07, 6.45) is 3.01.